The molecule has 0 saturated heterocycles. The standard InChI is InChI=1S/C20H21ClN4O/c1-12-8-13(2)19(17(21)9-12)24-18-10-14(3)22-20(25-18)23-15-6-5-7-16(11-15)26-4/h5-11H,1-4H3,(H2,22,23,24,25). The van der Waals surface area contributed by atoms with E-state index in [-0.39, 0.29) is 0 Å². The van der Waals surface area contributed by atoms with Gasteiger partial charge in [-0.3, -0.25) is 0 Å². The number of methoxy groups -OCH3 is 1. The van der Waals surface area contributed by atoms with Crippen LogP contribution < -0.4 is 15.4 Å². The van der Waals surface area contributed by atoms with Gasteiger partial charge in [0, 0.05) is 23.5 Å². The van der Waals surface area contributed by atoms with Crippen molar-refractivity contribution in [3.63, 3.8) is 0 Å². The Balaban J connectivity index is 1.88. The van der Waals surface area contributed by atoms with Crippen LogP contribution in [0, 0.1) is 20.8 Å². The number of anilines is 4. The molecule has 134 valence electrons. The minimum absolute atomic E-state index is 0.502. The molecule has 0 aliphatic heterocycles. The van der Waals surface area contributed by atoms with Crippen LogP contribution in [0.15, 0.2) is 42.5 Å². The van der Waals surface area contributed by atoms with Crippen molar-refractivity contribution in [3.8, 4) is 5.75 Å². The Morgan fingerprint density at radius 2 is 1.77 bits per heavy atom. The number of hydrogen-bond acceptors (Lipinski definition) is 5. The van der Waals surface area contributed by atoms with Crippen molar-refractivity contribution >= 4 is 34.7 Å². The lowest BCUT2D eigenvalue weighted by Gasteiger charge is -2.14. The van der Waals surface area contributed by atoms with Crippen LogP contribution in [0.2, 0.25) is 5.02 Å². The fourth-order valence-corrected chi connectivity index (χ4v) is 3.09. The number of halogens is 1. The molecule has 0 unspecified atom stereocenters. The lowest BCUT2D eigenvalue weighted by Crippen LogP contribution is -2.03. The normalized spacial score (nSPS) is 10.5. The molecule has 2 aromatic carbocycles. The number of benzene rings is 2. The third kappa shape index (κ3) is 4.24. The Bertz CT molecular complexity index is 920. The van der Waals surface area contributed by atoms with Crippen molar-refractivity contribution in [2.24, 2.45) is 0 Å². The van der Waals surface area contributed by atoms with Crippen molar-refractivity contribution < 1.29 is 4.74 Å². The van der Waals surface area contributed by atoms with E-state index >= 15 is 0 Å². The summed E-state index contributed by atoms with van der Waals surface area (Å²) in [5, 5.41) is 7.19. The second-order valence-corrected chi connectivity index (χ2v) is 6.55. The summed E-state index contributed by atoms with van der Waals surface area (Å²) in [7, 11) is 1.64. The zero-order chi connectivity index (χ0) is 18.7. The summed E-state index contributed by atoms with van der Waals surface area (Å²) in [4.78, 5) is 9.00. The Hall–Kier alpha value is -2.79. The van der Waals surface area contributed by atoms with Gasteiger partial charge >= 0.3 is 0 Å². The number of nitrogens with one attached hydrogen (secondary N) is 2. The summed E-state index contributed by atoms with van der Waals surface area (Å²) >= 11 is 6.39. The first-order chi connectivity index (χ1) is 12.4. The van der Waals surface area contributed by atoms with Crippen LogP contribution in [-0.2, 0) is 0 Å². The maximum Gasteiger partial charge on any atom is 0.229 e. The average molecular weight is 369 g/mol. The van der Waals surface area contributed by atoms with E-state index in [1.54, 1.807) is 7.11 Å². The smallest absolute Gasteiger partial charge is 0.229 e. The van der Waals surface area contributed by atoms with Crippen LogP contribution in [0.1, 0.15) is 16.8 Å². The summed E-state index contributed by atoms with van der Waals surface area (Å²) in [6.45, 7) is 5.96. The average Bonchev–Trinajstić information content (AvgIpc) is 2.58. The Morgan fingerprint density at radius 1 is 0.962 bits per heavy atom. The molecule has 0 spiro atoms. The summed E-state index contributed by atoms with van der Waals surface area (Å²) < 4.78 is 5.25. The van der Waals surface area contributed by atoms with Gasteiger partial charge in [-0.25, -0.2) is 4.98 Å². The van der Waals surface area contributed by atoms with Crippen LogP contribution in [0.4, 0.5) is 23.1 Å². The van der Waals surface area contributed by atoms with Crippen molar-refractivity contribution in [2.45, 2.75) is 20.8 Å². The Kier molecular flexibility index (Phi) is 5.28. The van der Waals surface area contributed by atoms with Crippen LogP contribution in [0.3, 0.4) is 0 Å². The molecule has 3 aromatic rings. The summed E-state index contributed by atoms with van der Waals surface area (Å²) in [5.74, 6) is 1.95. The van der Waals surface area contributed by atoms with Crippen LogP contribution >= 0.6 is 11.6 Å². The van der Waals surface area contributed by atoms with E-state index in [0.29, 0.717) is 16.8 Å². The van der Waals surface area contributed by atoms with Crippen LogP contribution in [0.5, 0.6) is 5.75 Å². The second-order valence-electron chi connectivity index (χ2n) is 6.14. The van der Waals surface area contributed by atoms with E-state index in [0.717, 1.165) is 33.9 Å². The molecule has 6 heteroatoms. The lowest BCUT2D eigenvalue weighted by molar-refractivity contribution is 0.415. The SMILES string of the molecule is COc1cccc(Nc2nc(C)cc(Nc3c(C)cc(C)cc3Cl)n2)c1. The molecule has 0 fully saturated rings. The van der Waals surface area contributed by atoms with E-state index in [1.165, 1.54) is 0 Å². The maximum atomic E-state index is 6.39. The number of aryl methyl sites for hydroxylation is 3. The minimum Gasteiger partial charge on any atom is -0.497 e. The first-order valence-electron chi connectivity index (χ1n) is 8.25. The van der Waals surface area contributed by atoms with Gasteiger partial charge in [0.05, 0.1) is 17.8 Å². The molecular formula is C20H21ClN4O. The monoisotopic (exact) mass is 368 g/mol. The topological polar surface area (TPSA) is 59.1 Å². The minimum atomic E-state index is 0.502. The first-order valence-corrected chi connectivity index (χ1v) is 8.63. The predicted molar refractivity (Wildman–Crippen MR) is 107 cm³/mol. The quantitative estimate of drug-likeness (QED) is 0.618. The molecule has 0 radical (unpaired) electrons. The molecule has 0 saturated carbocycles. The Morgan fingerprint density at radius 3 is 2.50 bits per heavy atom. The summed E-state index contributed by atoms with van der Waals surface area (Å²) in [6, 6.07) is 13.5. The highest BCUT2D eigenvalue weighted by Gasteiger charge is 2.09. The number of ether oxygens (including phenoxy) is 1. The fraction of sp³-hybridized carbons (Fsp3) is 0.200. The molecule has 26 heavy (non-hydrogen) atoms. The zero-order valence-corrected chi connectivity index (χ0v) is 16.0. The molecule has 0 aliphatic rings. The molecule has 5 nitrogen and oxygen atoms in total. The lowest BCUT2D eigenvalue weighted by atomic mass is 10.1. The molecule has 1 heterocycles. The van der Waals surface area contributed by atoms with Crippen LogP contribution in [-0.4, -0.2) is 17.1 Å². The number of nitrogens with zero attached hydrogens (tertiary/aromatic N) is 2. The number of hydrogen-bond donors (Lipinski definition) is 2. The largest absolute Gasteiger partial charge is 0.497 e. The fourth-order valence-electron chi connectivity index (χ4n) is 2.72. The van der Waals surface area contributed by atoms with Crippen molar-refractivity contribution in [1.82, 2.24) is 9.97 Å². The van der Waals surface area contributed by atoms with Gasteiger partial charge in [-0.1, -0.05) is 23.7 Å². The summed E-state index contributed by atoms with van der Waals surface area (Å²) in [5.41, 5.74) is 4.73. The predicted octanol–water partition coefficient (Wildman–Crippen LogP) is 5.55. The van der Waals surface area contributed by atoms with E-state index < -0.39 is 0 Å². The van der Waals surface area contributed by atoms with E-state index in [2.05, 4.69) is 26.7 Å². The van der Waals surface area contributed by atoms with Gasteiger partial charge < -0.3 is 15.4 Å². The molecule has 0 aliphatic carbocycles. The van der Waals surface area contributed by atoms with E-state index in [4.69, 9.17) is 16.3 Å². The highest BCUT2D eigenvalue weighted by molar-refractivity contribution is 6.33. The van der Waals surface area contributed by atoms with Crippen molar-refractivity contribution in [2.75, 3.05) is 17.7 Å². The molecule has 2 N–H and O–H groups in total. The first kappa shape index (κ1) is 18.0. The summed E-state index contributed by atoms with van der Waals surface area (Å²) in [6.07, 6.45) is 0. The molecule has 0 atom stereocenters. The zero-order valence-electron chi connectivity index (χ0n) is 15.2. The maximum absolute atomic E-state index is 6.39. The highest BCUT2D eigenvalue weighted by Crippen LogP contribution is 2.30. The van der Waals surface area contributed by atoms with Crippen molar-refractivity contribution in [1.29, 1.82) is 0 Å². The molecular weight excluding hydrogens is 348 g/mol. The molecule has 1 aromatic heterocycles. The van der Waals surface area contributed by atoms with Crippen LogP contribution in [0.25, 0.3) is 0 Å². The third-order valence-corrected chi connectivity index (χ3v) is 4.16. The van der Waals surface area contributed by atoms with Gasteiger partial charge in [0.25, 0.3) is 0 Å². The van der Waals surface area contributed by atoms with Gasteiger partial charge in [0.2, 0.25) is 5.95 Å². The van der Waals surface area contributed by atoms with Gasteiger partial charge in [-0.05, 0) is 50.1 Å². The van der Waals surface area contributed by atoms with E-state index in [9.17, 15) is 0 Å². The third-order valence-electron chi connectivity index (χ3n) is 3.86. The number of rotatable bonds is 5. The molecule has 0 bridgehead atoms. The highest BCUT2D eigenvalue weighted by atomic mass is 35.5. The van der Waals surface area contributed by atoms with E-state index in [1.807, 2.05) is 57.2 Å². The Labute approximate surface area is 158 Å². The van der Waals surface area contributed by atoms with Gasteiger partial charge in [-0.15, -0.1) is 0 Å². The number of aromatic nitrogens is 2. The van der Waals surface area contributed by atoms with Gasteiger partial charge in [0.15, 0.2) is 0 Å². The van der Waals surface area contributed by atoms with Gasteiger partial charge in [-0.2, -0.15) is 4.98 Å². The van der Waals surface area contributed by atoms with Crippen molar-refractivity contribution in [3.05, 3.63) is 64.3 Å². The van der Waals surface area contributed by atoms with Gasteiger partial charge in [0.1, 0.15) is 11.6 Å². The molecule has 0 amide bonds. The molecule has 3 rings (SSSR count). The second kappa shape index (κ2) is 7.62.